The Labute approximate surface area is 216 Å². The van der Waals surface area contributed by atoms with Crippen LogP contribution in [0.1, 0.15) is 21.5 Å². The minimum absolute atomic E-state index is 0.0947. The molecular weight excluding hydrogens is 493 g/mol. The summed E-state index contributed by atoms with van der Waals surface area (Å²) in [5.41, 5.74) is 1.22. The summed E-state index contributed by atoms with van der Waals surface area (Å²) in [5, 5.41) is 1.76. The number of hydrogen-bond acceptors (Lipinski definition) is 6. The number of carbonyl (C=O) groups is 3. The van der Waals surface area contributed by atoms with Gasteiger partial charge in [0.05, 0.1) is 24.1 Å². The molecule has 5 rings (SSSR count). The molecule has 37 heavy (non-hydrogen) atoms. The molecule has 0 atom stereocenters. The third-order valence-corrected chi connectivity index (χ3v) is 6.72. The fraction of sp³-hybridized carbons (Fsp3) is 0.0690. The van der Waals surface area contributed by atoms with E-state index in [9.17, 15) is 18.8 Å². The Hall–Kier alpha value is -4.43. The lowest BCUT2D eigenvalue weighted by molar-refractivity contribution is -0.123. The Kier molecular flexibility index (Phi) is 6.74. The molecule has 1 heterocycles. The second-order valence-electron chi connectivity index (χ2n) is 8.23. The van der Waals surface area contributed by atoms with Crippen LogP contribution in [0.2, 0.25) is 0 Å². The highest BCUT2D eigenvalue weighted by Crippen LogP contribution is 2.35. The molecule has 0 bridgehead atoms. The van der Waals surface area contributed by atoms with Gasteiger partial charge >= 0.3 is 5.97 Å². The molecule has 184 valence electrons. The average molecular weight is 514 g/mol. The minimum Gasteiger partial charge on any atom is -0.493 e. The molecule has 2 amide bonds. The molecule has 0 aliphatic carbocycles. The van der Waals surface area contributed by atoms with Gasteiger partial charge in [-0.25, -0.2) is 9.18 Å². The second-order valence-corrected chi connectivity index (χ2v) is 9.22. The molecule has 0 aromatic heterocycles. The van der Waals surface area contributed by atoms with E-state index in [1.165, 1.54) is 42.3 Å². The summed E-state index contributed by atoms with van der Waals surface area (Å²) in [6, 6.07) is 23.9. The smallest absolute Gasteiger partial charge is 0.346 e. The first-order valence-corrected chi connectivity index (χ1v) is 12.1. The molecule has 0 spiro atoms. The van der Waals surface area contributed by atoms with E-state index in [4.69, 9.17) is 9.47 Å². The molecular formula is C29H20FNO5S. The van der Waals surface area contributed by atoms with Crippen LogP contribution in [0.15, 0.2) is 89.8 Å². The first-order valence-electron chi connectivity index (χ1n) is 11.3. The lowest BCUT2D eigenvalue weighted by atomic mass is 10.1. The normalized spacial score (nSPS) is 14.4. The molecule has 8 heteroatoms. The molecule has 0 saturated carbocycles. The fourth-order valence-corrected chi connectivity index (χ4v) is 4.79. The summed E-state index contributed by atoms with van der Waals surface area (Å²) < 4.78 is 24.6. The topological polar surface area (TPSA) is 72.9 Å². The Morgan fingerprint density at radius 2 is 1.68 bits per heavy atom. The van der Waals surface area contributed by atoms with Gasteiger partial charge in [-0.1, -0.05) is 54.6 Å². The van der Waals surface area contributed by atoms with Crippen LogP contribution in [-0.4, -0.2) is 29.1 Å². The van der Waals surface area contributed by atoms with Gasteiger partial charge in [0, 0.05) is 0 Å². The van der Waals surface area contributed by atoms with Crippen molar-refractivity contribution in [2.24, 2.45) is 0 Å². The number of benzene rings is 4. The standard InChI is InChI=1S/C29H20FNO5S/c1-35-25-15-18(11-13-24(25)36-28(33)22-8-4-5-9-23(22)30)16-26-27(32)31(29(34)37-26)17-19-10-12-20-6-2-3-7-21(20)14-19/h2-16H,17H2,1H3/b26-16-. The van der Waals surface area contributed by atoms with Gasteiger partial charge in [-0.3, -0.25) is 14.5 Å². The lowest BCUT2D eigenvalue weighted by Crippen LogP contribution is -2.27. The summed E-state index contributed by atoms with van der Waals surface area (Å²) in [5.74, 6) is -1.63. The first-order chi connectivity index (χ1) is 17.9. The van der Waals surface area contributed by atoms with Gasteiger partial charge in [0.1, 0.15) is 5.82 Å². The van der Waals surface area contributed by atoms with E-state index < -0.39 is 17.7 Å². The number of ether oxygens (including phenoxy) is 2. The molecule has 4 aromatic carbocycles. The molecule has 1 saturated heterocycles. The van der Waals surface area contributed by atoms with Crippen molar-refractivity contribution < 1.29 is 28.2 Å². The van der Waals surface area contributed by atoms with Crippen LogP contribution < -0.4 is 9.47 Å². The highest BCUT2D eigenvalue weighted by atomic mass is 32.2. The predicted molar refractivity (Wildman–Crippen MR) is 140 cm³/mol. The zero-order valence-electron chi connectivity index (χ0n) is 19.6. The zero-order valence-corrected chi connectivity index (χ0v) is 20.5. The molecule has 0 N–H and O–H groups in total. The number of halogens is 1. The van der Waals surface area contributed by atoms with E-state index in [-0.39, 0.29) is 33.8 Å². The van der Waals surface area contributed by atoms with E-state index in [1.54, 1.807) is 18.2 Å². The summed E-state index contributed by atoms with van der Waals surface area (Å²) >= 11 is 0.857. The Balaban J connectivity index is 1.34. The SMILES string of the molecule is COc1cc(/C=C2\SC(=O)N(Cc3ccc4ccccc4c3)C2=O)ccc1OC(=O)c1ccccc1F. The van der Waals surface area contributed by atoms with Crippen molar-refractivity contribution in [2.75, 3.05) is 7.11 Å². The van der Waals surface area contributed by atoms with Gasteiger partial charge in [0.25, 0.3) is 11.1 Å². The molecule has 1 aliphatic rings. The third kappa shape index (κ3) is 5.10. The van der Waals surface area contributed by atoms with E-state index in [2.05, 4.69) is 0 Å². The van der Waals surface area contributed by atoms with Gasteiger partial charge in [-0.05, 0) is 70.1 Å². The highest BCUT2D eigenvalue weighted by Gasteiger charge is 2.35. The van der Waals surface area contributed by atoms with Crippen LogP contribution in [0.4, 0.5) is 9.18 Å². The van der Waals surface area contributed by atoms with Crippen molar-refractivity contribution in [3.63, 3.8) is 0 Å². The van der Waals surface area contributed by atoms with Crippen LogP contribution in [0, 0.1) is 5.82 Å². The van der Waals surface area contributed by atoms with Crippen LogP contribution >= 0.6 is 11.8 Å². The monoisotopic (exact) mass is 513 g/mol. The van der Waals surface area contributed by atoms with Gasteiger partial charge in [-0.2, -0.15) is 0 Å². The number of methoxy groups -OCH3 is 1. The summed E-state index contributed by atoms with van der Waals surface area (Å²) in [7, 11) is 1.40. The summed E-state index contributed by atoms with van der Waals surface area (Å²) in [4.78, 5) is 39.5. The van der Waals surface area contributed by atoms with E-state index in [1.807, 2.05) is 42.5 Å². The molecule has 1 fully saturated rings. The van der Waals surface area contributed by atoms with Crippen LogP contribution in [0.25, 0.3) is 16.8 Å². The summed E-state index contributed by atoms with van der Waals surface area (Å²) in [6.07, 6.45) is 1.58. The van der Waals surface area contributed by atoms with Crippen LogP contribution in [0.3, 0.4) is 0 Å². The first kappa shape index (κ1) is 24.3. The molecule has 0 unspecified atom stereocenters. The zero-order chi connectivity index (χ0) is 25.9. The molecule has 4 aromatic rings. The van der Waals surface area contributed by atoms with Gasteiger partial charge in [0.15, 0.2) is 11.5 Å². The number of thioether (sulfide) groups is 1. The van der Waals surface area contributed by atoms with E-state index in [0.717, 1.165) is 28.1 Å². The summed E-state index contributed by atoms with van der Waals surface area (Å²) in [6.45, 7) is 0.168. The number of nitrogens with zero attached hydrogens (tertiary/aromatic N) is 1. The minimum atomic E-state index is -0.862. The number of fused-ring (bicyclic) bond motifs is 1. The number of carbonyl (C=O) groups excluding carboxylic acids is 3. The maximum atomic E-state index is 13.9. The van der Waals surface area contributed by atoms with Crippen LogP contribution in [0.5, 0.6) is 11.5 Å². The molecule has 0 radical (unpaired) electrons. The lowest BCUT2D eigenvalue weighted by Gasteiger charge is -2.13. The van der Waals surface area contributed by atoms with Crippen LogP contribution in [-0.2, 0) is 11.3 Å². The molecule has 1 aliphatic heterocycles. The van der Waals surface area contributed by atoms with Gasteiger partial charge in [-0.15, -0.1) is 0 Å². The van der Waals surface area contributed by atoms with E-state index >= 15 is 0 Å². The second kappa shape index (κ2) is 10.3. The quantitative estimate of drug-likeness (QED) is 0.168. The number of esters is 1. The Morgan fingerprint density at radius 3 is 2.46 bits per heavy atom. The van der Waals surface area contributed by atoms with E-state index in [0.29, 0.717) is 5.56 Å². The van der Waals surface area contributed by atoms with Gasteiger partial charge in [0.2, 0.25) is 0 Å². The van der Waals surface area contributed by atoms with Crippen molar-refractivity contribution in [2.45, 2.75) is 6.54 Å². The van der Waals surface area contributed by atoms with Crippen molar-refractivity contribution in [3.8, 4) is 11.5 Å². The largest absolute Gasteiger partial charge is 0.493 e. The van der Waals surface area contributed by atoms with Crippen molar-refractivity contribution >= 4 is 45.7 Å². The van der Waals surface area contributed by atoms with Gasteiger partial charge < -0.3 is 9.47 Å². The Morgan fingerprint density at radius 1 is 0.919 bits per heavy atom. The Bertz CT molecular complexity index is 1580. The maximum Gasteiger partial charge on any atom is 0.346 e. The number of hydrogen-bond donors (Lipinski definition) is 0. The van der Waals surface area contributed by atoms with Crippen molar-refractivity contribution in [1.29, 1.82) is 0 Å². The average Bonchev–Trinajstić information content (AvgIpc) is 3.16. The van der Waals surface area contributed by atoms with Crippen molar-refractivity contribution in [1.82, 2.24) is 4.90 Å². The number of amides is 2. The maximum absolute atomic E-state index is 13.9. The predicted octanol–water partition coefficient (Wildman–Crippen LogP) is 6.44. The third-order valence-electron chi connectivity index (χ3n) is 5.81. The highest BCUT2D eigenvalue weighted by molar-refractivity contribution is 8.18. The number of rotatable bonds is 6. The fourth-order valence-electron chi connectivity index (χ4n) is 3.95. The number of imide groups is 1. The molecule has 6 nitrogen and oxygen atoms in total. The van der Waals surface area contributed by atoms with Crippen molar-refractivity contribution in [3.05, 3.63) is 112 Å².